The van der Waals surface area contributed by atoms with Gasteiger partial charge in [0.15, 0.2) is 0 Å². The molecular formula is C32H40N2O4. The number of ether oxygens (including phenoxy) is 2. The van der Waals surface area contributed by atoms with E-state index in [1.54, 1.807) is 36.5 Å². The summed E-state index contributed by atoms with van der Waals surface area (Å²) in [5.74, 6) is 0.477. The summed E-state index contributed by atoms with van der Waals surface area (Å²) in [6, 6.07) is 18.3. The molecule has 202 valence electrons. The van der Waals surface area contributed by atoms with Gasteiger partial charge in [-0.3, -0.25) is 4.79 Å². The van der Waals surface area contributed by atoms with Gasteiger partial charge in [0.05, 0.1) is 18.4 Å². The Morgan fingerprint density at radius 1 is 0.816 bits per heavy atom. The van der Waals surface area contributed by atoms with Crippen molar-refractivity contribution in [1.29, 1.82) is 0 Å². The number of hydrazone groups is 1. The summed E-state index contributed by atoms with van der Waals surface area (Å²) < 4.78 is 11.2. The molecule has 6 heteroatoms. The molecule has 0 bridgehead atoms. The van der Waals surface area contributed by atoms with E-state index in [0.29, 0.717) is 35.7 Å². The van der Waals surface area contributed by atoms with Gasteiger partial charge < -0.3 is 9.47 Å². The van der Waals surface area contributed by atoms with Gasteiger partial charge in [-0.25, -0.2) is 10.2 Å². The standard InChI is InChI=1S/C32H40N2O4/c1-3-5-6-7-8-9-10-11-12-17-31(35)34-33-24-29-28-16-14-13-15-25(28)20-23-30(29)38-32(36)26-18-21-27(22-19-26)37-4-2/h13-16,18-24H,3-12,17H2,1-2H3,(H,34,35)/b33-24-. The monoisotopic (exact) mass is 516 g/mol. The molecule has 3 aromatic carbocycles. The highest BCUT2D eigenvalue weighted by atomic mass is 16.5. The fraction of sp³-hybridized carbons (Fsp3) is 0.406. The molecule has 0 aromatic heterocycles. The summed E-state index contributed by atoms with van der Waals surface area (Å²) in [6.45, 7) is 4.69. The number of fused-ring (bicyclic) bond motifs is 1. The minimum absolute atomic E-state index is 0.114. The quantitative estimate of drug-likeness (QED) is 0.0692. The number of hydrogen-bond donors (Lipinski definition) is 1. The van der Waals surface area contributed by atoms with Crippen LogP contribution in [0.5, 0.6) is 11.5 Å². The average molecular weight is 517 g/mol. The van der Waals surface area contributed by atoms with Crippen LogP contribution in [0.25, 0.3) is 10.8 Å². The van der Waals surface area contributed by atoms with Crippen LogP contribution in [0.1, 0.15) is 94.0 Å². The highest BCUT2D eigenvalue weighted by Crippen LogP contribution is 2.27. The largest absolute Gasteiger partial charge is 0.494 e. The molecular weight excluding hydrogens is 476 g/mol. The number of amides is 1. The van der Waals surface area contributed by atoms with Crippen molar-refractivity contribution in [3.63, 3.8) is 0 Å². The zero-order valence-corrected chi connectivity index (χ0v) is 22.7. The molecule has 0 aliphatic heterocycles. The average Bonchev–Trinajstić information content (AvgIpc) is 2.93. The number of benzene rings is 3. The van der Waals surface area contributed by atoms with Crippen molar-refractivity contribution in [2.75, 3.05) is 6.61 Å². The maximum Gasteiger partial charge on any atom is 0.343 e. The number of hydrogen-bond acceptors (Lipinski definition) is 5. The summed E-state index contributed by atoms with van der Waals surface area (Å²) >= 11 is 0. The molecule has 0 atom stereocenters. The highest BCUT2D eigenvalue weighted by Gasteiger charge is 2.14. The molecule has 38 heavy (non-hydrogen) atoms. The maximum atomic E-state index is 12.8. The molecule has 3 aromatic rings. The summed E-state index contributed by atoms with van der Waals surface area (Å²) in [6.07, 6.45) is 12.8. The topological polar surface area (TPSA) is 77.0 Å². The third-order valence-corrected chi connectivity index (χ3v) is 6.42. The molecule has 0 spiro atoms. The number of rotatable bonds is 16. The lowest BCUT2D eigenvalue weighted by molar-refractivity contribution is -0.121. The van der Waals surface area contributed by atoms with Crippen molar-refractivity contribution in [1.82, 2.24) is 5.43 Å². The van der Waals surface area contributed by atoms with Gasteiger partial charge in [0.1, 0.15) is 11.5 Å². The lowest BCUT2D eigenvalue weighted by Crippen LogP contribution is -2.17. The fourth-order valence-corrected chi connectivity index (χ4v) is 4.33. The van der Waals surface area contributed by atoms with Crippen LogP contribution < -0.4 is 14.9 Å². The molecule has 0 unspecified atom stereocenters. The van der Waals surface area contributed by atoms with Crippen LogP contribution in [0, 0.1) is 0 Å². The molecule has 0 fully saturated rings. The molecule has 0 radical (unpaired) electrons. The molecule has 1 amide bonds. The summed E-state index contributed by atoms with van der Waals surface area (Å²) in [7, 11) is 0. The third-order valence-electron chi connectivity index (χ3n) is 6.42. The van der Waals surface area contributed by atoms with Crippen molar-refractivity contribution in [3.8, 4) is 11.5 Å². The minimum Gasteiger partial charge on any atom is -0.494 e. The molecule has 3 rings (SSSR count). The normalized spacial score (nSPS) is 11.1. The van der Waals surface area contributed by atoms with E-state index in [2.05, 4.69) is 17.5 Å². The number of carbonyl (C=O) groups excluding carboxylic acids is 2. The zero-order chi connectivity index (χ0) is 27.0. The number of carbonyl (C=O) groups is 2. The third kappa shape index (κ3) is 9.33. The van der Waals surface area contributed by atoms with Gasteiger partial charge in [-0.2, -0.15) is 5.10 Å². The van der Waals surface area contributed by atoms with E-state index in [4.69, 9.17) is 9.47 Å². The first kappa shape index (κ1) is 28.9. The summed E-state index contributed by atoms with van der Waals surface area (Å²) in [4.78, 5) is 25.1. The zero-order valence-electron chi connectivity index (χ0n) is 22.7. The van der Waals surface area contributed by atoms with Gasteiger partial charge in [0.2, 0.25) is 5.91 Å². The Kier molecular flexibility index (Phi) is 12.3. The number of nitrogens with zero attached hydrogens (tertiary/aromatic N) is 1. The predicted molar refractivity (Wildman–Crippen MR) is 154 cm³/mol. The molecule has 0 aliphatic carbocycles. The first-order valence-corrected chi connectivity index (χ1v) is 13.9. The van der Waals surface area contributed by atoms with E-state index in [9.17, 15) is 9.59 Å². The van der Waals surface area contributed by atoms with E-state index in [0.717, 1.165) is 23.6 Å². The Hall–Kier alpha value is -3.67. The van der Waals surface area contributed by atoms with Crippen molar-refractivity contribution < 1.29 is 19.1 Å². The van der Waals surface area contributed by atoms with Crippen molar-refractivity contribution >= 4 is 28.9 Å². The second-order valence-corrected chi connectivity index (χ2v) is 9.42. The van der Waals surface area contributed by atoms with E-state index < -0.39 is 5.97 Å². The molecule has 0 aliphatic rings. The minimum atomic E-state index is -0.479. The number of esters is 1. The first-order chi connectivity index (χ1) is 18.6. The van der Waals surface area contributed by atoms with Gasteiger partial charge in [0.25, 0.3) is 0 Å². The van der Waals surface area contributed by atoms with E-state index in [1.165, 1.54) is 44.9 Å². The summed E-state index contributed by atoms with van der Waals surface area (Å²) in [5, 5.41) is 6.05. The number of unbranched alkanes of at least 4 members (excludes halogenated alkanes) is 8. The van der Waals surface area contributed by atoms with E-state index >= 15 is 0 Å². The lowest BCUT2D eigenvalue weighted by Gasteiger charge is -2.11. The van der Waals surface area contributed by atoms with Gasteiger partial charge in [-0.05, 0) is 54.4 Å². The molecule has 0 saturated carbocycles. The molecule has 0 heterocycles. The first-order valence-electron chi connectivity index (χ1n) is 13.9. The van der Waals surface area contributed by atoms with Crippen LogP contribution in [-0.4, -0.2) is 24.7 Å². The SMILES string of the molecule is CCCCCCCCCCCC(=O)N/N=C\c1c(OC(=O)c2ccc(OCC)cc2)ccc2ccccc12. The van der Waals surface area contributed by atoms with Crippen LogP contribution in [0.2, 0.25) is 0 Å². The maximum absolute atomic E-state index is 12.8. The lowest BCUT2D eigenvalue weighted by atomic mass is 10.0. The summed E-state index contributed by atoms with van der Waals surface area (Å²) in [5.41, 5.74) is 3.67. The molecule has 1 N–H and O–H groups in total. The second kappa shape index (κ2) is 16.2. The Bertz CT molecular complexity index is 1190. The van der Waals surface area contributed by atoms with Crippen LogP contribution in [-0.2, 0) is 4.79 Å². The van der Waals surface area contributed by atoms with Gasteiger partial charge in [-0.15, -0.1) is 0 Å². The number of nitrogens with one attached hydrogen (secondary N) is 1. The Balaban J connectivity index is 1.57. The molecule has 6 nitrogen and oxygen atoms in total. The van der Waals surface area contributed by atoms with Crippen LogP contribution >= 0.6 is 0 Å². The Morgan fingerprint density at radius 2 is 1.50 bits per heavy atom. The van der Waals surface area contributed by atoms with Gasteiger partial charge in [-0.1, -0.05) is 88.6 Å². The van der Waals surface area contributed by atoms with E-state index in [-0.39, 0.29) is 5.91 Å². The van der Waals surface area contributed by atoms with E-state index in [1.807, 2.05) is 37.3 Å². The molecule has 0 saturated heterocycles. The van der Waals surface area contributed by atoms with Crippen LogP contribution in [0.3, 0.4) is 0 Å². The smallest absolute Gasteiger partial charge is 0.343 e. The van der Waals surface area contributed by atoms with Gasteiger partial charge >= 0.3 is 5.97 Å². The Morgan fingerprint density at radius 3 is 2.21 bits per heavy atom. The van der Waals surface area contributed by atoms with Crippen molar-refractivity contribution in [2.45, 2.75) is 78.1 Å². The fourth-order valence-electron chi connectivity index (χ4n) is 4.33. The predicted octanol–water partition coefficient (Wildman–Crippen LogP) is 7.83. The van der Waals surface area contributed by atoms with Crippen LogP contribution in [0.4, 0.5) is 0 Å². The highest BCUT2D eigenvalue weighted by molar-refractivity contribution is 6.04. The Labute approximate surface area is 226 Å². The van der Waals surface area contributed by atoms with Crippen molar-refractivity contribution in [3.05, 3.63) is 71.8 Å². The second-order valence-electron chi connectivity index (χ2n) is 9.42. The van der Waals surface area contributed by atoms with Crippen LogP contribution in [0.15, 0.2) is 65.8 Å². The van der Waals surface area contributed by atoms with Crippen molar-refractivity contribution in [2.24, 2.45) is 5.10 Å². The van der Waals surface area contributed by atoms with Gasteiger partial charge in [0, 0.05) is 12.0 Å².